The monoisotopic (exact) mass is 475 g/mol. The molecule has 11 nitrogen and oxygen atoms in total. The predicted octanol–water partition coefficient (Wildman–Crippen LogP) is 2.66. The first-order valence-corrected chi connectivity index (χ1v) is 11.2. The number of benzene rings is 2. The summed E-state index contributed by atoms with van der Waals surface area (Å²) in [5, 5.41) is 18.1. The molecule has 1 aliphatic rings. The van der Waals surface area contributed by atoms with Crippen molar-refractivity contribution >= 4 is 28.2 Å². The number of halogens is 1. The number of aromatic nitrogens is 7. The summed E-state index contributed by atoms with van der Waals surface area (Å²) in [6, 6.07) is 10.3. The van der Waals surface area contributed by atoms with Gasteiger partial charge in [0.2, 0.25) is 5.65 Å². The Morgan fingerprint density at radius 2 is 2.09 bits per heavy atom. The van der Waals surface area contributed by atoms with E-state index in [9.17, 15) is 4.39 Å². The molecule has 2 N–H and O–H groups in total. The zero-order valence-corrected chi connectivity index (χ0v) is 18.7. The number of hydrogen-bond acceptors (Lipinski definition) is 9. The van der Waals surface area contributed by atoms with Crippen LogP contribution in [0.4, 0.5) is 15.9 Å². The highest BCUT2D eigenvalue weighted by atomic mass is 19.1. The lowest BCUT2D eigenvalue weighted by molar-refractivity contribution is 0.0322. The fourth-order valence-corrected chi connectivity index (χ4v) is 4.12. The van der Waals surface area contributed by atoms with E-state index in [-0.39, 0.29) is 5.69 Å². The van der Waals surface area contributed by atoms with Crippen LogP contribution in [0, 0.1) is 5.82 Å². The minimum atomic E-state index is -0.436. The number of nitrogens with zero attached hydrogens (tertiary/aromatic N) is 7. The maximum Gasteiger partial charge on any atom is 0.204 e. The SMILES string of the molecule is Fc1ccc(OCCN2CCOCC2)cc1Nc1nc2c(-c3ncn[nH]3)cccc2n2cnnc12. The van der Waals surface area contributed by atoms with Crippen LogP contribution in [0.1, 0.15) is 0 Å². The smallest absolute Gasteiger partial charge is 0.204 e. The van der Waals surface area contributed by atoms with Gasteiger partial charge in [0.25, 0.3) is 0 Å². The molecule has 1 aliphatic heterocycles. The third kappa shape index (κ3) is 4.24. The Labute approximate surface area is 198 Å². The van der Waals surface area contributed by atoms with E-state index in [1.54, 1.807) is 22.9 Å². The van der Waals surface area contributed by atoms with E-state index in [1.807, 2.05) is 18.2 Å². The molecule has 0 atom stereocenters. The highest BCUT2D eigenvalue weighted by molar-refractivity contribution is 5.93. The van der Waals surface area contributed by atoms with Crippen molar-refractivity contribution in [2.45, 2.75) is 0 Å². The van der Waals surface area contributed by atoms with Crippen molar-refractivity contribution in [1.82, 2.24) is 39.7 Å². The van der Waals surface area contributed by atoms with Crippen LogP contribution >= 0.6 is 0 Å². The topological polar surface area (TPSA) is 118 Å². The van der Waals surface area contributed by atoms with E-state index >= 15 is 0 Å². The number of morpholine rings is 1. The normalized spacial score (nSPS) is 14.5. The molecule has 0 spiro atoms. The summed E-state index contributed by atoms with van der Waals surface area (Å²) >= 11 is 0. The number of anilines is 2. The van der Waals surface area contributed by atoms with Crippen molar-refractivity contribution in [3.8, 4) is 17.1 Å². The summed E-state index contributed by atoms with van der Waals surface area (Å²) in [4.78, 5) is 11.3. The fraction of sp³-hybridized carbons (Fsp3) is 0.261. The summed E-state index contributed by atoms with van der Waals surface area (Å²) in [7, 11) is 0. The van der Waals surface area contributed by atoms with Gasteiger partial charge in [-0.15, -0.1) is 10.2 Å². The molecular formula is C23H22FN9O2. The Kier molecular flexibility index (Phi) is 5.64. The van der Waals surface area contributed by atoms with E-state index in [2.05, 4.69) is 35.6 Å². The minimum Gasteiger partial charge on any atom is -0.492 e. The molecule has 35 heavy (non-hydrogen) atoms. The van der Waals surface area contributed by atoms with Crippen molar-refractivity contribution < 1.29 is 13.9 Å². The second-order valence-corrected chi connectivity index (χ2v) is 8.06. The van der Waals surface area contributed by atoms with Gasteiger partial charge in [-0.3, -0.25) is 14.4 Å². The molecule has 3 aromatic heterocycles. The van der Waals surface area contributed by atoms with E-state index in [4.69, 9.17) is 14.5 Å². The minimum absolute atomic E-state index is 0.225. The molecule has 5 aromatic rings. The van der Waals surface area contributed by atoms with E-state index in [1.165, 1.54) is 12.4 Å². The van der Waals surface area contributed by atoms with Gasteiger partial charge in [-0.2, -0.15) is 5.10 Å². The van der Waals surface area contributed by atoms with Crippen LogP contribution < -0.4 is 10.1 Å². The van der Waals surface area contributed by atoms with Crippen molar-refractivity contribution in [3.05, 3.63) is 54.9 Å². The number of H-pyrrole nitrogens is 1. The summed E-state index contributed by atoms with van der Waals surface area (Å²) < 4.78 is 27.8. The molecule has 0 unspecified atom stereocenters. The first-order chi connectivity index (χ1) is 17.3. The van der Waals surface area contributed by atoms with Crippen LogP contribution in [-0.2, 0) is 4.74 Å². The number of rotatable bonds is 7. The van der Waals surface area contributed by atoms with Gasteiger partial charge >= 0.3 is 0 Å². The van der Waals surface area contributed by atoms with Gasteiger partial charge in [0.05, 0.1) is 24.4 Å². The van der Waals surface area contributed by atoms with Crippen LogP contribution in [0.3, 0.4) is 0 Å². The molecule has 1 saturated heterocycles. The Morgan fingerprint density at radius 1 is 1.17 bits per heavy atom. The lowest BCUT2D eigenvalue weighted by Crippen LogP contribution is -2.38. The van der Waals surface area contributed by atoms with E-state index < -0.39 is 5.82 Å². The maximum atomic E-state index is 14.8. The Bertz CT molecular complexity index is 1470. The molecule has 12 heteroatoms. The van der Waals surface area contributed by atoms with Gasteiger partial charge in [0.1, 0.15) is 36.3 Å². The van der Waals surface area contributed by atoms with Crippen molar-refractivity contribution in [1.29, 1.82) is 0 Å². The predicted molar refractivity (Wildman–Crippen MR) is 126 cm³/mol. The summed E-state index contributed by atoms with van der Waals surface area (Å²) in [5.74, 6) is 1.05. The van der Waals surface area contributed by atoms with Crippen LogP contribution in [0.25, 0.3) is 28.1 Å². The molecule has 4 heterocycles. The van der Waals surface area contributed by atoms with Crippen LogP contribution in [0.5, 0.6) is 5.75 Å². The quantitative estimate of drug-likeness (QED) is 0.366. The number of fused-ring (bicyclic) bond motifs is 3. The Balaban J connectivity index is 1.31. The molecule has 0 aliphatic carbocycles. The lowest BCUT2D eigenvalue weighted by Gasteiger charge is -2.26. The number of ether oxygens (including phenoxy) is 2. The number of aromatic amines is 1. The van der Waals surface area contributed by atoms with Crippen molar-refractivity contribution in [2.24, 2.45) is 0 Å². The molecule has 6 rings (SSSR count). The summed E-state index contributed by atoms with van der Waals surface area (Å²) in [5.41, 5.74) is 2.86. The van der Waals surface area contributed by atoms with Crippen LogP contribution in [-0.4, -0.2) is 79.1 Å². The molecule has 0 amide bonds. The van der Waals surface area contributed by atoms with Gasteiger partial charge in [0, 0.05) is 31.3 Å². The molecule has 0 saturated carbocycles. The van der Waals surface area contributed by atoms with Crippen molar-refractivity contribution in [3.63, 3.8) is 0 Å². The Hall–Kier alpha value is -4.16. The van der Waals surface area contributed by atoms with E-state index in [0.717, 1.165) is 43.9 Å². The van der Waals surface area contributed by atoms with Crippen molar-refractivity contribution in [2.75, 3.05) is 44.8 Å². The average molecular weight is 475 g/mol. The number of nitrogens with one attached hydrogen (secondary N) is 2. The second kappa shape index (κ2) is 9.24. The van der Waals surface area contributed by atoms with Gasteiger partial charge in [-0.1, -0.05) is 6.07 Å². The number of hydrogen-bond donors (Lipinski definition) is 2. The molecule has 1 fully saturated rings. The van der Waals surface area contributed by atoms with Gasteiger partial charge in [-0.25, -0.2) is 14.4 Å². The standard InChI is InChI=1S/C23H22FN9O2/c24-17-5-4-15(35-11-8-32-6-9-34-10-7-32)12-18(17)28-22-23-31-27-14-33(23)19-3-1-2-16(20(19)29-22)21-25-13-26-30-21/h1-5,12-14H,6-11H2,(H,28,29)(H,25,26,30). The maximum absolute atomic E-state index is 14.8. The molecule has 0 bridgehead atoms. The van der Waals surface area contributed by atoms with Gasteiger partial charge in [0.15, 0.2) is 11.6 Å². The summed E-state index contributed by atoms with van der Waals surface area (Å²) in [6.45, 7) is 4.52. The molecule has 0 radical (unpaired) electrons. The van der Waals surface area contributed by atoms with Crippen LogP contribution in [0.2, 0.25) is 0 Å². The zero-order valence-electron chi connectivity index (χ0n) is 18.7. The Morgan fingerprint density at radius 3 is 2.94 bits per heavy atom. The number of para-hydroxylation sites is 1. The highest BCUT2D eigenvalue weighted by Crippen LogP contribution is 2.30. The molecular weight excluding hydrogens is 453 g/mol. The van der Waals surface area contributed by atoms with Gasteiger partial charge in [-0.05, 0) is 24.3 Å². The van der Waals surface area contributed by atoms with E-state index in [0.29, 0.717) is 35.2 Å². The van der Waals surface area contributed by atoms with Crippen LogP contribution in [0.15, 0.2) is 49.1 Å². The highest BCUT2D eigenvalue weighted by Gasteiger charge is 2.17. The zero-order chi connectivity index (χ0) is 23.6. The average Bonchev–Trinajstić information content (AvgIpc) is 3.59. The third-order valence-corrected chi connectivity index (χ3v) is 5.90. The largest absolute Gasteiger partial charge is 0.492 e. The fourth-order valence-electron chi connectivity index (χ4n) is 4.12. The first kappa shape index (κ1) is 21.4. The molecule has 178 valence electrons. The lowest BCUT2D eigenvalue weighted by atomic mass is 10.1. The van der Waals surface area contributed by atoms with Gasteiger partial charge < -0.3 is 14.8 Å². The first-order valence-electron chi connectivity index (χ1n) is 11.2. The summed E-state index contributed by atoms with van der Waals surface area (Å²) in [6.07, 6.45) is 3.03. The second-order valence-electron chi connectivity index (χ2n) is 8.06. The molecule has 2 aromatic carbocycles. The third-order valence-electron chi connectivity index (χ3n) is 5.90.